The van der Waals surface area contributed by atoms with Crippen LogP contribution in [0.2, 0.25) is 5.15 Å². The summed E-state index contributed by atoms with van der Waals surface area (Å²) in [6.07, 6.45) is 0. The lowest BCUT2D eigenvalue weighted by Crippen LogP contribution is -2.12. The molecule has 1 N–H and O–H groups in total. The summed E-state index contributed by atoms with van der Waals surface area (Å²) in [5.41, 5.74) is 0.988. The largest absolute Gasteiger partial charge is 0.475 e. The molecule has 0 spiro atoms. The second-order valence-corrected chi connectivity index (χ2v) is 6.29. The number of carbonyl (C=O) groups is 1. The third kappa shape index (κ3) is 4.53. The summed E-state index contributed by atoms with van der Waals surface area (Å²) in [5.74, 6) is -2.91. The Labute approximate surface area is 164 Å². The van der Waals surface area contributed by atoms with Crippen LogP contribution in [0.25, 0.3) is 5.57 Å². The molecule has 0 radical (unpaired) electrons. The van der Waals surface area contributed by atoms with Crippen molar-refractivity contribution in [2.45, 2.75) is 6.92 Å². The van der Waals surface area contributed by atoms with E-state index < -0.39 is 23.4 Å². The minimum Gasteiger partial charge on any atom is -0.475 e. The van der Waals surface area contributed by atoms with Crippen molar-refractivity contribution in [3.63, 3.8) is 0 Å². The highest BCUT2D eigenvalue weighted by Crippen LogP contribution is 2.30. The fourth-order valence-corrected chi connectivity index (χ4v) is 2.93. The maximum absolute atomic E-state index is 13.8. The summed E-state index contributed by atoms with van der Waals surface area (Å²) in [5, 5.41) is 9.91. The Bertz CT molecular complexity index is 1020. The molecule has 0 atom stereocenters. The predicted molar refractivity (Wildman–Crippen MR) is 101 cm³/mol. The van der Waals surface area contributed by atoms with Crippen molar-refractivity contribution >= 4 is 23.1 Å². The molecule has 2 aromatic carbocycles. The van der Waals surface area contributed by atoms with Crippen molar-refractivity contribution in [1.82, 2.24) is 4.98 Å². The molecule has 3 rings (SSSR count). The molecule has 0 fully saturated rings. The van der Waals surface area contributed by atoms with Crippen LogP contribution in [-0.4, -0.2) is 16.1 Å². The van der Waals surface area contributed by atoms with Crippen molar-refractivity contribution in [3.05, 3.63) is 100 Å². The van der Waals surface area contributed by atoms with E-state index in [4.69, 9.17) is 16.3 Å². The Morgan fingerprint density at radius 3 is 2.04 bits per heavy atom. The van der Waals surface area contributed by atoms with Gasteiger partial charge in [0.05, 0.1) is 0 Å². The van der Waals surface area contributed by atoms with Crippen molar-refractivity contribution in [2.75, 3.05) is 0 Å². The molecule has 1 heterocycles. The summed E-state index contributed by atoms with van der Waals surface area (Å²) in [7, 11) is 0. The fourth-order valence-electron chi connectivity index (χ4n) is 2.69. The first-order valence-electron chi connectivity index (χ1n) is 8.15. The molecule has 7 heteroatoms. The van der Waals surface area contributed by atoms with Crippen molar-refractivity contribution in [1.29, 1.82) is 0 Å². The van der Waals surface area contributed by atoms with Gasteiger partial charge in [0.1, 0.15) is 22.5 Å². The van der Waals surface area contributed by atoms with Gasteiger partial charge in [0.25, 0.3) is 0 Å². The molecule has 0 amide bonds. The Balaban J connectivity index is 2.26. The van der Waals surface area contributed by atoms with E-state index >= 15 is 0 Å². The maximum Gasteiger partial charge on any atom is 0.372 e. The monoisotopic (exact) mass is 401 g/mol. The predicted octanol–water partition coefficient (Wildman–Crippen LogP) is 5.24. The van der Waals surface area contributed by atoms with E-state index in [9.17, 15) is 18.7 Å². The molecular formula is C21H14ClF2NO3. The zero-order chi connectivity index (χ0) is 20.3. The Kier molecular flexibility index (Phi) is 5.70. The van der Waals surface area contributed by atoms with Crippen LogP contribution in [0, 0.1) is 18.6 Å². The van der Waals surface area contributed by atoms with Crippen LogP contribution in [-0.2, 0) is 4.79 Å². The van der Waals surface area contributed by atoms with E-state index in [1.54, 1.807) is 6.92 Å². The normalized spacial score (nSPS) is 10.4. The Morgan fingerprint density at radius 2 is 1.57 bits per heavy atom. The van der Waals surface area contributed by atoms with Crippen molar-refractivity contribution in [3.8, 4) is 5.75 Å². The topological polar surface area (TPSA) is 59.4 Å². The number of rotatable bonds is 5. The van der Waals surface area contributed by atoms with Gasteiger partial charge in [-0.1, -0.05) is 35.9 Å². The number of ether oxygens (including phenoxy) is 1. The van der Waals surface area contributed by atoms with E-state index in [2.05, 4.69) is 4.98 Å². The number of nitrogens with zero attached hydrogens (tertiary/aromatic N) is 1. The molecule has 0 aliphatic heterocycles. The number of hydrogen-bond donors (Lipinski definition) is 1. The van der Waals surface area contributed by atoms with Crippen LogP contribution < -0.4 is 4.74 Å². The van der Waals surface area contributed by atoms with Crippen molar-refractivity contribution in [2.24, 2.45) is 0 Å². The zero-order valence-corrected chi connectivity index (χ0v) is 15.4. The molecule has 3 aromatic rings. The van der Waals surface area contributed by atoms with Crippen LogP contribution in [0.3, 0.4) is 0 Å². The summed E-state index contributed by atoms with van der Waals surface area (Å²) < 4.78 is 33.2. The second kappa shape index (κ2) is 8.19. The zero-order valence-electron chi connectivity index (χ0n) is 14.6. The molecule has 0 bridgehead atoms. The molecule has 4 nitrogen and oxygen atoms in total. The summed E-state index contributed by atoms with van der Waals surface area (Å²) in [4.78, 5) is 16.0. The molecule has 142 valence electrons. The molecule has 0 saturated heterocycles. The lowest BCUT2D eigenvalue weighted by atomic mass is 9.96. The van der Waals surface area contributed by atoms with Crippen molar-refractivity contribution < 1.29 is 23.4 Å². The fraction of sp³-hybridized carbons (Fsp3) is 0.0476. The number of halogens is 3. The molecule has 1 aromatic heterocycles. The van der Waals surface area contributed by atoms with Gasteiger partial charge < -0.3 is 9.84 Å². The van der Waals surface area contributed by atoms with Crippen LogP contribution in [0.5, 0.6) is 5.75 Å². The standard InChI is InChI=1S/C21H14ClF2NO3/c1-12-8-17(11-18(22)25-12)28-20(21(26)27)19(13-4-2-6-15(23)9-13)14-5-3-7-16(24)10-14/h2-11H,1H3,(H,26,27). The van der Waals surface area contributed by atoms with E-state index in [-0.39, 0.29) is 27.6 Å². The summed E-state index contributed by atoms with van der Waals surface area (Å²) in [6, 6.07) is 13.5. The van der Waals surface area contributed by atoms with Gasteiger partial charge >= 0.3 is 5.97 Å². The van der Waals surface area contributed by atoms with Gasteiger partial charge in [-0.3, -0.25) is 0 Å². The van der Waals surface area contributed by atoms with E-state index in [0.717, 1.165) is 12.1 Å². The molecule has 0 aliphatic rings. The minimum atomic E-state index is -1.41. The van der Waals surface area contributed by atoms with Gasteiger partial charge in [0.2, 0.25) is 5.76 Å². The van der Waals surface area contributed by atoms with E-state index in [0.29, 0.717) is 5.69 Å². The lowest BCUT2D eigenvalue weighted by molar-refractivity contribution is -0.134. The third-order valence-corrected chi connectivity index (χ3v) is 3.96. The molecular weight excluding hydrogens is 388 g/mol. The minimum absolute atomic E-state index is 0.0251. The van der Waals surface area contributed by atoms with Gasteiger partial charge in [-0.25, -0.2) is 18.6 Å². The SMILES string of the molecule is Cc1cc(OC(C(=O)O)=C(c2cccc(F)c2)c2cccc(F)c2)cc(Cl)n1. The number of carboxylic acid groups (broad SMARTS) is 1. The molecule has 0 aliphatic carbocycles. The number of aryl methyl sites for hydroxylation is 1. The van der Waals surface area contributed by atoms with Gasteiger partial charge in [-0.2, -0.15) is 0 Å². The maximum atomic E-state index is 13.8. The molecule has 28 heavy (non-hydrogen) atoms. The Morgan fingerprint density at radius 1 is 1.00 bits per heavy atom. The number of aliphatic carboxylic acids is 1. The number of benzene rings is 2. The van der Waals surface area contributed by atoms with Crippen LogP contribution in [0.4, 0.5) is 8.78 Å². The summed E-state index contributed by atoms with van der Waals surface area (Å²) in [6.45, 7) is 1.67. The first-order chi connectivity index (χ1) is 13.3. The third-order valence-electron chi connectivity index (χ3n) is 3.76. The van der Waals surface area contributed by atoms with Crippen LogP contribution in [0.15, 0.2) is 66.4 Å². The number of pyridine rings is 1. The van der Waals surface area contributed by atoms with Gasteiger partial charge in [-0.15, -0.1) is 0 Å². The van der Waals surface area contributed by atoms with Gasteiger partial charge in [0, 0.05) is 23.4 Å². The van der Waals surface area contributed by atoms with Gasteiger partial charge in [-0.05, 0) is 42.3 Å². The lowest BCUT2D eigenvalue weighted by Gasteiger charge is -2.15. The molecule has 0 saturated carbocycles. The van der Waals surface area contributed by atoms with E-state index in [1.165, 1.54) is 48.5 Å². The average Bonchev–Trinajstić information content (AvgIpc) is 2.60. The van der Waals surface area contributed by atoms with E-state index in [1.807, 2.05) is 0 Å². The summed E-state index contributed by atoms with van der Waals surface area (Å²) >= 11 is 5.91. The quantitative estimate of drug-likeness (QED) is 0.360. The Hall–Kier alpha value is -3.25. The number of carboxylic acids is 1. The van der Waals surface area contributed by atoms with Gasteiger partial charge in [0.15, 0.2) is 0 Å². The van der Waals surface area contributed by atoms with Crippen LogP contribution >= 0.6 is 11.6 Å². The second-order valence-electron chi connectivity index (χ2n) is 5.90. The average molecular weight is 402 g/mol. The van der Waals surface area contributed by atoms with Crippen LogP contribution in [0.1, 0.15) is 16.8 Å². The number of hydrogen-bond acceptors (Lipinski definition) is 3. The highest BCUT2D eigenvalue weighted by Gasteiger charge is 2.22. The highest BCUT2D eigenvalue weighted by atomic mass is 35.5. The first-order valence-corrected chi connectivity index (χ1v) is 8.53. The highest BCUT2D eigenvalue weighted by molar-refractivity contribution is 6.29. The smallest absolute Gasteiger partial charge is 0.372 e. The molecule has 0 unspecified atom stereocenters. The first kappa shape index (κ1) is 19.5. The number of aromatic nitrogens is 1.